The Bertz CT molecular complexity index is 484. The Kier molecular flexibility index (Phi) is 5.33. The van der Waals surface area contributed by atoms with Crippen LogP contribution in [0.15, 0.2) is 30.3 Å². The number of rotatable bonds is 8. The van der Waals surface area contributed by atoms with E-state index in [1.54, 1.807) is 6.92 Å². The minimum absolute atomic E-state index is 0.0951. The summed E-state index contributed by atoms with van der Waals surface area (Å²) in [4.78, 5) is 24.7. The number of carboxylic acids is 1. The number of hydrogen-bond acceptors (Lipinski definition) is 3. The van der Waals surface area contributed by atoms with Crippen LogP contribution < -0.4 is 0 Å². The number of carbonyl (C=O) groups is 2. The van der Waals surface area contributed by atoms with Gasteiger partial charge in [-0.05, 0) is 25.3 Å². The molecule has 0 saturated heterocycles. The second-order valence-corrected chi connectivity index (χ2v) is 5.33. The van der Waals surface area contributed by atoms with Crippen molar-refractivity contribution < 1.29 is 19.4 Å². The molecule has 0 bridgehead atoms. The highest BCUT2D eigenvalue weighted by Crippen LogP contribution is 2.29. The highest BCUT2D eigenvalue weighted by Gasteiger charge is 2.37. The highest BCUT2D eigenvalue weighted by atomic mass is 16.5. The van der Waals surface area contributed by atoms with Gasteiger partial charge in [0.1, 0.15) is 6.04 Å². The van der Waals surface area contributed by atoms with Crippen LogP contribution in [0.2, 0.25) is 0 Å². The lowest BCUT2D eigenvalue weighted by molar-refractivity contribution is -0.150. The minimum Gasteiger partial charge on any atom is -0.480 e. The lowest BCUT2D eigenvalue weighted by Crippen LogP contribution is -2.45. The molecule has 0 radical (unpaired) electrons. The summed E-state index contributed by atoms with van der Waals surface area (Å²) < 4.78 is 5.49. The van der Waals surface area contributed by atoms with Crippen molar-refractivity contribution in [2.24, 2.45) is 0 Å². The van der Waals surface area contributed by atoms with Crippen molar-refractivity contribution in [3.05, 3.63) is 35.9 Å². The SMILES string of the molecule is CC(C(=O)O)N(C(=O)CCOCc1ccccc1)C1CC1. The zero-order chi connectivity index (χ0) is 15.2. The summed E-state index contributed by atoms with van der Waals surface area (Å²) in [5.41, 5.74) is 1.06. The Labute approximate surface area is 124 Å². The fraction of sp³-hybridized carbons (Fsp3) is 0.500. The van der Waals surface area contributed by atoms with Crippen LogP contribution in [0.5, 0.6) is 0 Å². The monoisotopic (exact) mass is 291 g/mol. The average Bonchev–Trinajstić information content (AvgIpc) is 3.29. The van der Waals surface area contributed by atoms with Gasteiger partial charge in [-0.2, -0.15) is 0 Å². The van der Waals surface area contributed by atoms with Crippen LogP contribution in [0, 0.1) is 0 Å². The molecule has 0 aromatic heterocycles. The number of ether oxygens (including phenoxy) is 1. The van der Waals surface area contributed by atoms with Crippen molar-refractivity contribution >= 4 is 11.9 Å². The lowest BCUT2D eigenvalue weighted by atomic mass is 10.2. The smallest absolute Gasteiger partial charge is 0.326 e. The van der Waals surface area contributed by atoms with E-state index < -0.39 is 12.0 Å². The second kappa shape index (κ2) is 7.22. The Morgan fingerprint density at radius 1 is 1.33 bits per heavy atom. The van der Waals surface area contributed by atoms with Crippen molar-refractivity contribution in [1.29, 1.82) is 0 Å². The molecule has 1 saturated carbocycles. The zero-order valence-corrected chi connectivity index (χ0v) is 12.2. The first-order valence-electron chi connectivity index (χ1n) is 7.25. The first-order valence-corrected chi connectivity index (χ1v) is 7.25. The molecule has 1 aliphatic rings. The van der Waals surface area contributed by atoms with Crippen LogP contribution in [0.3, 0.4) is 0 Å². The number of amides is 1. The summed E-state index contributed by atoms with van der Waals surface area (Å²) in [7, 11) is 0. The number of carboxylic acid groups (broad SMARTS) is 1. The molecule has 1 aromatic rings. The van der Waals surface area contributed by atoms with Gasteiger partial charge < -0.3 is 14.7 Å². The predicted molar refractivity (Wildman–Crippen MR) is 77.7 cm³/mol. The first-order chi connectivity index (χ1) is 10.1. The summed E-state index contributed by atoms with van der Waals surface area (Å²) in [6, 6.07) is 9.07. The fourth-order valence-corrected chi connectivity index (χ4v) is 2.26. The number of benzene rings is 1. The molecule has 5 heteroatoms. The normalized spacial score (nSPS) is 15.5. The standard InChI is InChI=1S/C16H21NO4/c1-12(16(19)20)17(14-7-8-14)15(18)9-10-21-11-13-5-3-2-4-6-13/h2-6,12,14H,7-11H2,1H3,(H,19,20). The minimum atomic E-state index is -0.958. The molecule has 1 fully saturated rings. The first kappa shape index (κ1) is 15.5. The maximum Gasteiger partial charge on any atom is 0.326 e. The molecular formula is C16H21NO4. The molecule has 1 atom stereocenters. The third-order valence-electron chi connectivity index (χ3n) is 3.57. The molecule has 5 nitrogen and oxygen atoms in total. The molecule has 1 N–H and O–H groups in total. The largest absolute Gasteiger partial charge is 0.480 e. The summed E-state index contributed by atoms with van der Waals surface area (Å²) in [5.74, 6) is -1.10. The molecule has 0 heterocycles. The summed E-state index contributed by atoms with van der Waals surface area (Å²) in [6.07, 6.45) is 2.02. The fourth-order valence-electron chi connectivity index (χ4n) is 2.26. The summed E-state index contributed by atoms with van der Waals surface area (Å²) >= 11 is 0. The van der Waals surface area contributed by atoms with Gasteiger partial charge in [0.2, 0.25) is 5.91 Å². The molecule has 1 aliphatic carbocycles. The second-order valence-electron chi connectivity index (χ2n) is 5.33. The van der Waals surface area contributed by atoms with Gasteiger partial charge in [-0.25, -0.2) is 4.79 Å². The lowest BCUT2D eigenvalue weighted by Gasteiger charge is -2.26. The van der Waals surface area contributed by atoms with Gasteiger partial charge >= 0.3 is 5.97 Å². The molecule has 0 aliphatic heterocycles. The van der Waals surface area contributed by atoms with Crippen molar-refractivity contribution in [1.82, 2.24) is 4.90 Å². The van der Waals surface area contributed by atoms with Gasteiger partial charge in [-0.15, -0.1) is 0 Å². The topological polar surface area (TPSA) is 66.8 Å². The Morgan fingerprint density at radius 3 is 2.57 bits per heavy atom. The number of hydrogen-bond donors (Lipinski definition) is 1. The van der Waals surface area contributed by atoms with E-state index in [9.17, 15) is 9.59 Å². The van der Waals surface area contributed by atoms with Gasteiger partial charge in [-0.1, -0.05) is 30.3 Å². The quantitative estimate of drug-likeness (QED) is 0.744. The predicted octanol–water partition coefficient (Wildman–Crippen LogP) is 2.06. The van der Waals surface area contributed by atoms with E-state index in [-0.39, 0.29) is 18.4 Å². The van der Waals surface area contributed by atoms with E-state index in [0.717, 1.165) is 18.4 Å². The van der Waals surface area contributed by atoms with E-state index in [1.807, 2.05) is 30.3 Å². The van der Waals surface area contributed by atoms with Crippen LogP contribution >= 0.6 is 0 Å². The van der Waals surface area contributed by atoms with Gasteiger partial charge in [-0.3, -0.25) is 4.79 Å². The summed E-state index contributed by atoms with van der Waals surface area (Å²) in [6.45, 7) is 2.33. The highest BCUT2D eigenvalue weighted by molar-refractivity contribution is 5.84. The third kappa shape index (κ3) is 4.56. The van der Waals surface area contributed by atoms with Crippen molar-refractivity contribution in [2.75, 3.05) is 6.61 Å². The van der Waals surface area contributed by atoms with Crippen molar-refractivity contribution in [3.63, 3.8) is 0 Å². The number of aliphatic carboxylic acids is 1. The number of carbonyl (C=O) groups excluding carboxylic acids is 1. The van der Waals surface area contributed by atoms with E-state index in [1.165, 1.54) is 4.90 Å². The molecule has 114 valence electrons. The maximum atomic E-state index is 12.2. The van der Waals surface area contributed by atoms with E-state index in [4.69, 9.17) is 9.84 Å². The Balaban J connectivity index is 1.76. The van der Waals surface area contributed by atoms with E-state index in [0.29, 0.717) is 13.2 Å². The molecule has 21 heavy (non-hydrogen) atoms. The van der Waals surface area contributed by atoms with E-state index >= 15 is 0 Å². The molecule has 1 amide bonds. The third-order valence-corrected chi connectivity index (χ3v) is 3.57. The molecule has 1 aromatic carbocycles. The van der Waals surface area contributed by atoms with Crippen molar-refractivity contribution in [3.8, 4) is 0 Å². The van der Waals surface area contributed by atoms with E-state index in [2.05, 4.69) is 0 Å². The Hall–Kier alpha value is -1.88. The van der Waals surface area contributed by atoms with Crippen LogP contribution in [0.1, 0.15) is 31.7 Å². The van der Waals surface area contributed by atoms with Crippen LogP contribution in [-0.4, -0.2) is 40.6 Å². The van der Waals surface area contributed by atoms with Crippen LogP contribution in [0.4, 0.5) is 0 Å². The maximum absolute atomic E-state index is 12.2. The van der Waals surface area contributed by atoms with Crippen LogP contribution in [0.25, 0.3) is 0 Å². The molecule has 2 rings (SSSR count). The van der Waals surface area contributed by atoms with Gasteiger partial charge in [0.25, 0.3) is 0 Å². The van der Waals surface area contributed by atoms with Gasteiger partial charge in [0, 0.05) is 6.04 Å². The van der Waals surface area contributed by atoms with Gasteiger partial charge in [0.15, 0.2) is 0 Å². The molecule has 0 spiro atoms. The zero-order valence-electron chi connectivity index (χ0n) is 12.2. The summed E-state index contributed by atoms with van der Waals surface area (Å²) in [5, 5.41) is 9.07. The van der Waals surface area contributed by atoms with Gasteiger partial charge in [0.05, 0.1) is 19.6 Å². The molecular weight excluding hydrogens is 270 g/mol. The molecule has 1 unspecified atom stereocenters. The van der Waals surface area contributed by atoms with Crippen molar-refractivity contribution in [2.45, 2.75) is 44.9 Å². The Morgan fingerprint density at radius 2 is 2.00 bits per heavy atom. The van der Waals surface area contributed by atoms with Crippen LogP contribution in [-0.2, 0) is 20.9 Å². The number of nitrogens with zero attached hydrogens (tertiary/aromatic N) is 1. The average molecular weight is 291 g/mol.